The molecule has 4 heterocycles. The number of halogens is 9. The number of benzene rings is 2. The molecule has 0 fully saturated rings. The molecule has 0 aliphatic carbocycles. The van der Waals surface area contributed by atoms with Crippen molar-refractivity contribution in [3.8, 4) is 34.0 Å². The van der Waals surface area contributed by atoms with E-state index in [9.17, 15) is 39.5 Å². The summed E-state index contributed by atoms with van der Waals surface area (Å²) in [5, 5.41) is 7.63. The number of nitrogens with zero attached hydrogens (tertiary/aromatic N) is 6. The van der Waals surface area contributed by atoms with Crippen molar-refractivity contribution in [3.63, 3.8) is 0 Å². The Morgan fingerprint density at radius 3 is 1.63 bits per heavy atom. The normalized spacial score (nSPS) is 12.2. The molecule has 0 atom stereocenters. The minimum absolute atomic E-state index is 0.176. The van der Waals surface area contributed by atoms with Gasteiger partial charge in [-0.05, 0) is 79.6 Å². The van der Waals surface area contributed by atoms with E-state index in [1.807, 2.05) is 12.1 Å². The van der Waals surface area contributed by atoms with Gasteiger partial charge in [0.05, 0.1) is 34.8 Å². The average molecular weight is 654 g/mol. The summed E-state index contributed by atoms with van der Waals surface area (Å²) in [6.45, 7) is 3.21. The summed E-state index contributed by atoms with van der Waals surface area (Å²) < 4.78 is 123. The van der Waals surface area contributed by atoms with Gasteiger partial charge in [0.2, 0.25) is 0 Å². The number of hydrogen-bond acceptors (Lipinski definition) is 6. The lowest BCUT2D eigenvalue weighted by molar-refractivity contribution is -0.275. The van der Waals surface area contributed by atoms with Gasteiger partial charge in [-0.25, -0.2) is 19.0 Å². The molecule has 2 aromatic carbocycles. The number of fused-ring (bicyclic) bond motifs is 2. The maximum absolute atomic E-state index is 13.0. The van der Waals surface area contributed by atoms with Crippen LogP contribution in [0.1, 0.15) is 16.7 Å². The van der Waals surface area contributed by atoms with Crippen molar-refractivity contribution in [2.45, 2.75) is 32.7 Å². The summed E-state index contributed by atoms with van der Waals surface area (Å²) >= 11 is 0. The molecular weight excluding hydrogens is 635 g/mol. The molecule has 6 aromatic rings. The van der Waals surface area contributed by atoms with Crippen LogP contribution < -0.4 is 9.47 Å². The lowest BCUT2D eigenvalue weighted by atomic mass is 10.0. The van der Waals surface area contributed by atoms with Gasteiger partial charge in [-0.3, -0.25) is 0 Å². The first-order valence-corrected chi connectivity index (χ1v) is 12.9. The number of hydrogen-bond donors (Lipinski definition) is 0. The molecular formula is C29H19F9N6O2. The Balaban J connectivity index is 0.000000184. The molecule has 8 nitrogen and oxygen atoms in total. The predicted octanol–water partition coefficient (Wildman–Crippen LogP) is 8.23. The van der Waals surface area contributed by atoms with Crippen molar-refractivity contribution in [3.05, 3.63) is 96.3 Å². The van der Waals surface area contributed by atoms with E-state index in [0.29, 0.717) is 28.6 Å². The summed E-state index contributed by atoms with van der Waals surface area (Å²) in [7, 11) is 0. The third-order valence-electron chi connectivity index (χ3n) is 6.43. The molecule has 6 rings (SSSR count). The zero-order valence-electron chi connectivity index (χ0n) is 23.4. The second-order valence-electron chi connectivity index (χ2n) is 9.68. The van der Waals surface area contributed by atoms with Gasteiger partial charge < -0.3 is 9.47 Å². The molecule has 0 saturated heterocycles. The highest BCUT2D eigenvalue weighted by Gasteiger charge is 2.35. The van der Waals surface area contributed by atoms with Gasteiger partial charge in [-0.2, -0.15) is 23.4 Å². The molecule has 0 aliphatic rings. The molecule has 0 amide bonds. The lowest BCUT2D eigenvalue weighted by Gasteiger charge is -2.12. The lowest BCUT2D eigenvalue weighted by Crippen LogP contribution is -2.17. The Hall–Kier alpha value is -5.35. The number of rotatable bonds is 4. The Labute approximate surface area is 252 Å². The molecule has 17 heteroatoms. The summed E-state index contributed by atoms with van der Waals surface area (Å²) in [5.74, 6) is -0.663. The van der Waals surface area contributed by atoms with E-state index in [1.165, 1.54) is 31.2 Å². The van der Waals surface area contributed by atoms with Gasteiger partial charge in [0.25, 0.3) is 0 Å². The van der Waals surface area contributed by atoms with Crippen LogP contribution >= 0.6 is 0 Å². The third kappa shape index (κ3) is 7.47. The Morgan fingerprint density at radius 2 is 1.13 bits per heavy atom. The van der Waals surface area contributed by atoms with E-state index in [0.717, 1.165) is 34.1 Å². The van der Waals surface area contributed by atoms with Crippen LogP contribution in [0.5, 0.6) is 11.5 Å². The molecule has 0 N–H and O–H groups in total. The van der Waals surface area contributed by atoms with Crippen LogP contribution in [0.3, 0.4) is 0 Å². The van der Waals surface area contributed by atoms with Gasteiger partial charge >= 0.3 is 18.9 Å². The Morgan fingerprint density at radius 1 is 0.609 bits per heavy atom. The van der Waals surface area contributed by atoms with Crippen LogP contribution in [0, 0.1) is 13.8 Å². The molecule has 4 aromatic heterocycles. The van der Waals surface area contributed by atoms with Gasteiger partial charge in [0.15, 0.2) is 0 Å². The predicted molar refractivity (Wildman–Crippen MR) is 145 cm³/mol. The van der Waals surface area contributed by atoms with E-state index in [-0.39, 0.29) is 17.0 Å². The van der Waals surface area contributed by atoms with Crippen LogP contribution in [-0.4, -0.2) is 41.9 Å². The molecule has 0 bridgehead atoms. The van der Waals surface area contributed by atoms with Crippen molar-refractivity contribution in [1.82, 2.24) is 29.2 Å². The first-order valence-electron chi connectivity index (χ1n) is 12.9. The van der Waals surface area contributed by atoms with Gasteiger partial charge in [-0.15, -0.1) is 26.3 Å². The van der Waals surface area contributed by atoms with Crippen LogP contribution in [0.25, 0.3) is 33.5 Å². The fraction of sp³-hybridized carbons (Fsp3) is 0.172. The molecule has 0 saturated carbocycles. The zero-order chi connectivity index (χ0) is 33.4. The van der Waals surface area contributed by atoms with E-state index in [4.69, 9.17) is 0 Å². The highest BCUT2D eigenvalue weighted by molar-refractivity contribution is 5.71. The molecule has 0 aliphatic heterocycles. The highest BCUT2D eigenvalue weighted by atomic mass is 19.4. The van der Waals surface area contributed by atoms with Crippen molar-refractivity contribution in [2.75, 3.05) is 0 Å². The van der Waals surface area contributed by atoms with Crippen LogP contribution in [0.15, 0.2) is 79.6 Å². The number of alkyl halides is 9. The van der Waals surface area contributed by atoms with Crippen molar-refractivity contribution >= 4 is 11.0 Å². The molecule has 0 unspecified atom stereocenters. The van der Waals surface area contributed by atoms with E-state index < -0.39 is 30.2 Å². The summed E-state index contributed by atoms with van der Waals surface area (Å²) in [5.41, 5.74) is 2.71. The average Bonchev–Trinajstić information content (AvgIpc) is 3.58. The maximum atomic E-state index is 13.0. The van der Waals surface area contributed by atoms with E-state index in [1.54, 1.807) is 30.0 Å². The van der Waals surface area contributed by atoms with Gasteiger partial charge in [0, 0.05) is 11.1 Å². The molecule has 0 radical (unpaired) electrons. The summed E-state index contributed by atoms with van der Waals surface area (Å²) in [6.07, 6.45) is -9.10. The smallest absolute Gasteiger partial charge is 0.406 e. The minimum atomic E-state index is -4.83. The van der Waals surface area contributed by atoms with Crippen LogP contribution in [-0.2, 0) is 6.18 Å². The first kappa shape index (κ1) is 32.1. The Kier molecular flexibility index (Phi) is 8.27. The SMILES string of the molecule is Cc1cc(OC(F)(F)F)ccc1-c1cc2c(C(F)(F)F)cnn2cn1.Cc1cc(OC(F)(F)F)ccc1-c1cc2ccnn2cn1. The molecule has 0 spiro atoms. The van der Waals surface area contributed by atoms with Crippen molar-refractivity contribution < 1.29 is 49.0 Å². The highest BCUT2D eigenvalue weighted by Crippen LogP contribution is 2.35. The third-order valence-corrected chi connectivity index (χ3v) is 6.43. The second-order valence-corrected chi connectivity index (χ2v) is 9.68. The van der Waals surface area contributed by atoms with Gasteiger partial charge in [0.1, 0.15) is 29.7 Å². The monoisotopic (exact) mass is 654 g/mol. The topological polar surface area (TPSA) is 78.8 Å². The maximum Gasteiger partial charge on any atom is 0.573 e. The quantitative estimate of drug-likeness (QED) is 0.178. The summed E-state index contributed by atoms with van der Waals surface area (Å²) in [6, 6.07) is 12.5. The molecule has 46 heavy (non-hydrogen) atoms. The largest absolute Gasteiger partial charge is 0.573 e. The van der Waals surface area contributed by atoms with Crippen molar-refractivity contribution in [1.29, 1.82) is 0 Å². The molecule has 240 valence electrons. The van der Waals surface area contributed by atoms with Crippen LogP contribution in [0.2, 0.25) is 0 Å². The summed E-state index contributed by atoms with van der Waals surface area (Å²) in [4.78, 5) is 8.26. The van der Waals surface area contributed by atoms with Gasteiger partial charge in [-0.1, -0.05) is 0 Å². The van der Waals surface area contributed by atoms with E-state index >= 15 is 0 Å². The number of aryl methyl sites for hydroxylation is 2. The fourth-order valence-corrected chi connectivity index (χ4v) is 4.48. The number of aromatic nitrogens is 6. The zero-order valence-corrected chi connectivity index (χ0v) is 23.4. The first-order chi connectivity index (χ1) is 21.5. The Bertz CT molecular complexity index is 2010. The van der Waals surface area contributed by atoms with E-state index in [2.05, 4.69) is 29.6 Å². The van der Waals surface area contributed by atoms with Crippen molar-refractivity contribution in [2.24, 2.45) is 0 Å². The minimum Gasteiger partial charge on any atom is -0.406 e. The number of ether oxygens (including phenoxy) is 2. The van der Waals surface area contributed by atoms with Crippen LogP contribution in [0.4, 0.5) is 39.5 Å². The standard InChI is InChI=1S/C15H9F6N3O.C14H10F3N3O/c1-8-4-9(25-15(19,20)21)2-3-10(8)12-5-13-11(14(16,17)18)6-23-24(13)7-22-12;1-9-6-11(21-14(15,16)17)2-3-12(9)13-7-10-4-5-19-20(10)8-18-13/h2-7H,1H3;2-8H,1H3. The fourth-order valence-electron chi connectivity index (χ4n) is 4.48. The second kappa shape index (κ2) is 11.9.